The highest BCUT2D eigenvalue weighted by atomic mass is 32.1. The first-order chi connectivity index (χ1) is 7.00. The van der Waals surface area contributed by atoms with E-state index in [4.69, 9.17) is 4.84 Å². The summed E-state index contributed by atoms with van der Waals surface area (Å²) in [4.78, 5) is 8.17. The molecular weight excluding hydrogens is 206 g/mol. The number of rotatable bonds is 5. The fourth-order valence-corrected chi connectivity index (χ4v) is 2.51. The summed E-state index contributed by atoms with van der Waals surface area (Å²) >= 11 is 1.84. The third-order valence-corrected chi connectivity index (χ3v) is 3.20. The minimum absolute atomic E-state index is 0.272. The summed E-state index contributed by atoms with van der Waals surface area (Å²) in [5.74, 6) is 0.565. The molecule has 1 atom stereocenters. The highest BCUT2D eigenvalue weighted by molar-refractivity contribution is 7.12. The molecule has 86 valence electrons. The van der Waals surface area contributed by atoms with Gasteiger partial charge in [-0.05, 0) is 38.3 Å². The molecule has 0 aliphatic rings. The standard InChI is InChI=1S/C12H21NOS/c1-8(2)7-14-13-10(4)12-6-9(3)15-11(12)5/h6,8,10,13H,7H2,1-5H3. The Balaban J connectivity index is 2.46. The molecular formula is C12H21NOS. The molecule has 1 rings (SSSR count). The molecule has 1 aromatic heterocycles. The molecule has 3 heteroatoms. The van der Waals surface area contributed by atoms with Gasteiger partial charge in [0.25, 0.3) is 0 Å². The van der Waals surface area contributed by atoms with Gasteiger partial charge in [-0.1, -0.05) is 13.8 Å². The lowest BCUT2D eigenvalue weighted by molar-refractivity contribution is 0.00406. The van der Waals surface area contributed by atoms with Crippen molar-refractivity contribution in [3.8, 4) is 0 Å². The van der Waals surface area contributed by atoms with Crippen molar-refractivity contribution in [2.75, 3.05) is 6.61 Å². The average molecular weight is 227 g/mol. The molecule has 15 heavy (non-hydrogen) atoms. The van der Waals surface area contributed by atoms with E-state index >= 15 is 0 Å². The van der Waals surface area contributed by atoms with E-state index in [-0.39, 0.29) is 6.04 Å². The molecule has 0 radical (unpaired) electrons. The second kappa shape index (κ2) is 5.64. The third kappa shape index (κ3) is 3.93. The van der Waals surface area contributed by atoms with Gasteiger partial charge in [0.15, 0.2) is 0 Å². The van der Waals surface area contributed by atoms with E-state index in [9.17, 15) is 0 Å². The van der Waals surface area contributed by atoms with Crippen molar-refractivity contribution in [3.05, 3.63) is 21.4 Å². The predicted molar refractivity (Wildman–Crippen MR) is 66.1 cm³/mol. The molecule has 0 saturated heterocycles. The Morgan fingerprint density at radius 1 is 1.33 bits per heavy atom. The molecule has 0 aliphatic heterocycles. The number of hydroxylamine groups is 1. The summed E-state index contributed by atoms with van der Waals surface area (Å²) in [5, 5.41) is 0. The fraction of sp³-hybridized carbons (Fsp3) is 0.667. The highest BCUT2D eigenvalue weighted by Gasteiger charge is 2.10. The van der Waals surface area contributed by atoms with E-state index in [0.717, 1.165) is 6.61 Å². The van der Waals surface area contributed by atoms with Crippen LogP contribution in [0.25, 0.3) is 0 Å². The highest BCUT2D eigenvalue weighted by Crippen LogP contribution is 2.25. The Morgan fingerprint density at radius 3 is 2.47 bits per heavy atom. The first-order valence-electron chi connectivity index (χ1n) is 5.45. The molecule has 0 bridgehead atoms. The zero-order valence-electron chi connectivity index (χ0n) is 10.3. The largest absolute Gasteiger partial charge is 0.301 e. The van der Waals surface area contributed by atoms with E-state index < -0.39 is 0 Å². The van der Waals surface area contributed by atoms with Crippen molar-refractivity contribution in [1.29, 1.82) is 0 Å². The van der Waals surface area contributed by atoms with Gasteiger partial charge in [-0.3, -0.25) is 0 Å². The van der Waals surface area contributed by atoms with Gasteiger partial charge >= 0.3 is 0 Å². The van der Waals surface area contributed by atoms with Gasteiger partial charge in [-0.25, -0.2) is 0 Å². The monoisotopic (exact) mass is 227 g/mol. The smallest absolute Gasteiger partial charge is 0.0705 e. The summed E-state index contributed by atoms with van der Waals surface area (Å²) in [6, 6.07) is 2.50. The van der Waals surface area contributed by atoms with Crippen molar-refractivity contribution in [2.45, 2.75) is 40.7 Å². The third-order valence-electron chi connectivity index (χ3n) is 2.22. The van der Waals surface area contributed by atoms with Crippen LogP contribution in [-0.4, -0.2) is 6.61 Å². The van der Waals surface area contributed by atoms with Crippen molar-refractivity contribution in [3.63, 3.8) is 0 Å². The van der Waals surface area contributed by atoms with Crippen LogP contribution in [-0.2, 0) is 4.84 Å². The maximum Gasteiger partial charge on any atom is 0.0705 e. The summed E-state index contributed by atoms with van der Waals surface area (Å²) in [7, 11) is 0. The van der Waals surface area contributed by atoms with Gasteiger partial charge in [-0.15, -0.1) is 11.3 Å². The minimum Gasteiger partial charge on any atom is -0.301 e. The molecule has 1 N–H and O–H groups in total. The molecule has 2 nitrogen and oxygen atoms in total. The number of hydrogen-bond donors (Lipinski definition) is 1. The molecule has 0 fully saturated rings. The first-order valence-corrected chi connectivity index (χ1v) is 6.26. The first kappa shape index (κ1) is 12.7. The van der Waals surface area contributed by atoms with E-state index in [1.807, 2.05) is 11.3 Å². The summed E-state index contributed by atoms with van der Waals surface area (Å²) in [5.41, 5.74) is 4.44. The lowest BCUT2D eigenvalue weighted by atomic mass is 10.1. The second-order valence-electron chi connectivity index (χ2n) is 4.41. The SMILES string of the molecule is Cc1cc(C(C)NOCC(C)C)c(C)s1. The van der Waals surface area contributed by atoms with Crippen molar-refractivity contribution in [1.82, 2.24) is 5.48 Å². The summed E-state index contributed by atoms with van der Waals surface area (Å²) < 4.78 is 0. The van der Waals surface area contributed by atoms with Crippen molar-refractivity contribution in [2.24, 2.45) is 5.92 Å². The maximum absolute atomic E-state index is 5.43. The molecule has 1 aromatic rings. The van der Waals surface area contributed by atoms with Gasteiger partial charge < -0.3 is 4.84 Å². The molecule has 0 amide bonds. The Kier molecular flexibility index (Phi) is 4.77. The van der Waals surface area contributed by atoms with Gasteiger partial charge in [0.05, 0.1) is 12.6 Å². The number of aryl methyl sites for hydroxylation is 2. The van der Waals surface area contributed by atoms with Crippen LogP contribution in [0.15, 0.2) is 6.07 Å². The number of thiophene rings is 1. The molecule has 0 aromatic carbocycles. The zero-order chi connectivity index (χ0) is 11.4. The molecule has 1 unspecified atom stereocenters. The predicted octanol–water partition coefficient (Wildman–Crippen LogP) is 3.60. The number of hydrogen-bond acceptors (Lipinski definition) is 3. The lowest BCUT2D eigenvalue weighted by Crippen LogP contribution is -2.21. The van der Waals surface area contributed by atoms with Crippen LogP contribution in [0.1, 0.15) is 42.1 Å². The quantitative estimate of drug-likeness (QED) is 0.776. The lowest BCUT2D eigenvalue weighted by Gasteiger charge is -2.14. The van der Waals surface area contributed by atoms with E-state index in [0.29, 0.717) is 5.92 Å². The Bertz CT molecular complexity index is 307. The minimum atomic E-state index is 0.272. The van der Waals surface area contributed by atoms with E-state index in [2.05, 4.69) is 46.2 Å². The topological polar surface area (TPSA) is 21.3 Å². The molecule has 1 heterocycles. The van der Waals surface area contributed by atoms with Crippen LogP contribution in [0.4, 0.5) is 0 Å². The van der Waals surface area contributed by atoms with Crippen LogP contribution < -0.4 is 5.48 Å². The van der Waals surface area contributed by atoms with Gasteiger partial charge in [0.1, 0.15) is 0 Å². The van der Waals surface area contributed by atoms with Crippen LogP contribution in [0.2, 0.25) is 0 Å². The van der Waals surface area contributed by atoms with Crippen LogP contribution >= 0.6 is 11.3 Å². The van der Waals surface area contributed by atoms with Gasteiger partial charge in [-0.2, -0.15) is 5.48 Å². The summed E-state index contributed by atoms with van der Waals surface area (Å²) in [6.07, 6.45) is 0. The normalized spacial score (nSPS) is 13.5. The molecule has 0 spiro atoms. The van der Waals surface area contributed by atoms with Crippen LogP contribution in [0.3, 0.4) is 0 Å². The Hall–Kier alpha value is -0.380. The van der Waals surface area contributed by atoms with Crippen molar-refractivity contribution >= 4 is 11.3 Å². The zero-order valence-corrected chi connectivity index (χ0v) is 11.1. The Morgan fingerprint density at radius 2 is 2.00 bits per heavy atom. The Labute approximate surface area is 96.6 Å². The van der Waals surface area contributed by atoms with E-state index in [1.54, 1.807) is 0 Å². The van der Waals surface area contributed by atoms with Gasteiger partial charge in [0.2, 0.25) is 0 Å². The van der Waals surface area contributed by atoms with Crippen LogP contribution in [0, 0.1) is 19.8 Å². The molecule has 0 saturated carbocycles. The molecule has 0 aliphatic carbocycles. The van der Waals surface area contributed by atoms with Crippen LogP contribution in [0.5, 0.6) is 0 Å². The van der Waals surface area contributed by atoms with E-state index in [1.165, 1.54) is 15.3 Å². The van der Waals surface area contributed by atoms with Crippen molar-refractivity contribution < 1.29 is 4.84 Å². The number of nitrogens with one attached hydrogen (secondary N) is 1. The second-order valence-corrected chi connectivity index (χ2v) is 5.87. The fourth-order valence-electron chi connectivity index (χ4n) is 1.48. The maximum atomic E-state index is 5.43. The van der Waals surface area contributed by atoms with Gasteiger partial charge in [0, 0.05) is 9.75 Å². The summed E-state index contributed by atoms with van der Waals surface area (Å²) in [6.45, 7) is 11.5. The average Bonchev–Trinajstić information content (AvgIpc) is 2.44.